The normalized spacial score (nSPS) is 26.1. The smallest absolute Gasteiger partial charge is 0.123 e. The third-order valence-electron chi connectivity index (χ3n) is 3.79. The fourth-order valence-corrected chi connectivity index (χ4v) is 2.87. The van der Waals surface area contributed by atoms with Gasteiger partial charge in [-0.1, -0.05) is 0 Å². The van der Waals surface area contributed by atoms with Crippen molar-refractivity contribution in [1.29, 1.82) is 0 Å². The minimum Gasteiger partial charge on any atom is -0.490 e. The number of ether oxygens (including phenoxy) is 2. The lowest BCUT2D eigenvalue weighted by molar-refractivity contribution is -0.676. The minimum atomic E-state index is 0.339. The molecule has 0 radical (unpaired) electrons. The molecule has 2 aliphatic rings. The van der Waals surface area contributed by atoms with Crippen LogP contribution in [0.5, 0.6) is 5.75 Å². The summed E-state index contributed by atoms with van der Waals surface area (Å²) >= 11 is 0. The minimum absolute atomic E-state index is 0.339. The molecule has 0 aromatic heterocycles. The van der Waals surface area contributed by atoms with Gasteiger partial charge in [-0.05, 0) is 43.5 Å². The van der Waals surface area contributed by atoms with Crippen molar-refractivity contribution in [3.8, 4) is 5.75 Å². The van der Waals surface area contributed by atoms with E-state index in [2.05, 4.69) is 30.4 Å². The molecule has 3 heteroatoms. The third-order valence-corrected chi connectivity index (χ3v) is 3.79. The number of benzene rings is 1. The molecule has 0 saturated carbocycles. The summed E-state index contributed by atoms with van der Waals surface area (Å²) in [4.78, 5) is 0. The Morgan fingerprint density at radius 3 is 3.17 bits per heavy atom. The van der Waals surface area contributed by atoms with Crippen molar-refractivity contribution in [1.82, 2.24) is 0 Å². The number of quaternary nitrogens is 1. The van der Waals surface area contributed by atoms with Crippen LogP contribution in [0.15, 0.2) is 18.2 Å². The Kier molecular flexibility index (Phi) is 3.52. The number of nitrogens with two attached hydrogens (primary N) is 1. The lowest BCUT2D eigenvalue weighted by Gasteiger charge is -2.08. The Balaban J connectivity index is 1.52. The zero-order valence-electron chi connectivity index (χ0n) is 11.0. The van der Waals surface area contributed by atoms with Crippen LogP contribution in [0, 0.1) is 0 Å². The molecule has 2 heterocycles. The molecule has 1 fully saturated rings. The second-order valence-electron chi connectivity index (χ2n) is 5.44. The maximum absolute atomic E-state index is 5.72. The summed E-state index contributed by atoms with van der Waals surface area (Å²) in [5.41, 5.74) is 2.76. The summed E-state index contributed by atoms with van der Waals surface area (Å²) < 4.78 is 11.3. The van der Waals surface area contributed by atoms with Crippen LogP contribution in [0.4, 0.5) is 0 Å². The molecular formula is C15H22NO2+. The van der Waals surface area contributed by atoms with E-state index in [0.29, 0.717) is 12.2 Å². The molecule has 3 nitrogen and oxygen atoms in total. The highest BCUT2D eigenvalue weighted by Crippen LogP contribution is 2.29. The van der Waals surface area contributed by atoms with Crippen molar-refractivity contribution < 1.29 is 14.8 Å². The second kappa shape index (κ2) is 5.29. The summed E-state index contributed by atoms with van der Waals surface area (Å²) in [5, 5.41) is 2.36. The SMILES string of the molecule is C[C@@H]1Cc2cc(C[NH2+]C[C@H]3CCCO3)ccc2O1. The van der Waals surface area contributed by atoms with E-state index in [-0.39, 0.29) is 0 Å². The van der Waals surface area contributed by atoms with Gasteiger partial charge in [0.2, 0.25) is 0 Å². The van der Waals surface area contributed by atoms with E-state index in [1.807, 2.05) is 0 Å². The van der Waals surface area contributed by atoms with Crippen molar-refractivity contribution in [3.05, 3.63) is 29.3 Å². The number of rotatable bonds is 4. The maximum Gasteiger partial charge on any atom is 0.123 e. The van der Waals surface area contributed by atoms with Crippen LogP contribution in [0.3, 0.4) is 0 Å². The van der Waals surface area contributed by atoms with Gasteiger partial charge in [0, 0.05) is 18.6 Å². The first-order valence-electron chi connectivity index (χ1n) is 7.03. The van der Waals surface area contributed by atoms with Gasteiger partial charge < -0.3 is 14.8 Å². The van der Waals surface area contributed by atoms with Crippen LogP contribution in [0.1, 0.15) is 30.9 Å². The van der Waals surface area contributed by atoms with Gasteiger partial charge >= 0.3 is 0 Å². The lowest BCUT2D eigenvalue weighted by atomic mass is 10.1. The van der Waals surface area contributed by atoms with Gasteiger partial charge in [0.25, 0.3) is 0 Å². The average molecular weight is 248 g/mol. The zero-order chi connectivity index (χ0) is 12.4. The second-order valence-corrected chi connectivity index (χ2v) is 5.44. The maximum atomic E-state index is 5.72. The van der Waals surface area contributed by atoms with E-state index in [4.69, 9.17) is 9.47 Å². The molecule has 1 saturated heterocycles. The molecule has 0 amide bonds. The summed E-state index contributed by atoms with van der Waals surface area (Å²) in [5.74, 6) is 1.07. The Hall–Kier alpha value is -1.06. The summed E-state index contributed by atoms with van der Waals surface area (Å²) in [7, 11) is 0. The molecule has 3 rings (SSSR count). The highest BCUT2D eigenvalue weighted by molar-refractivity contribution is 5.40. The van der Waals surface area contributed by atoms with Gasteiger partial charge in [-0.3, -0.25) is 0 Å². The van der Waals surface area contributed by atoms with Gasteiger partial charge in [-0.15, -0.1) is 0 Å². The first kappa shape index (κ1) is 12.0. The van der Waals surface area contributed by atoms with Gasteiger partial charge in [0.05, 0.1) is 0 Å². The fourth-order valence-electron chi connectivity index (χ4n) is 2.87. The van der Waals surface area contributed by atoms with E-state index >= 15 is 0 Å². The van der Waals surface area contributed by atoms with E-state index < -0.39 is 0 Å². The highest BCUT2D eigenvalue weighted by Gasteiger charge is 2.20. The van der Waals surface area contributed by atoms with E-state index in [1.54, 1.807) is 0 Å². The Morgan fingerprint density at radius 1 is 1.39 bits per heavy atom. The van der Waals surface area contributed by atoms with Crippen LogP contribution in [-0.2, 0) is 17.7 Å². The third kappa shape index (κ3) is 2.68. The topological polar surface area (TPSA) is 35.1 Å². The van der Waals surface area contributed by atoms with E-state index in [1.165, 1.54) is 24.0 Å². The standard InChI is InChI=1S/C15H21NO2/c1-11-7-13-8-12(4-5-15(13)18-11)9-16-10-14-3-2-6-17-14/h4-5,8,11,14,16H,2-3,6-7,9-10H2,1H3/p+1/t11-,14-/m1/s1. The Morgan fingerprint density at radius 2 is 2.33 bits per heavy atom. The van der Waals surface area contributed by atoms with Crippen molar-refractivity contribution in [2.24, 2.45) is 0 Å². The first-order valence-corrected chi connectivity index (χ1v) is 7.03. The monoisotopic (exact) mass is 248 g/mol. The van der Waals surface area contributed by atoms with E-state index in [9.17, 15) is 0 Å². The first-order chi connectivity index (χ1) is 8.81. The molecule has 1 aromatic rings. The quantitative estimate of drug-likeness (QED) is 0.870. The average Bonchev–Trinajstić information content (AvgIpc) is 2.96. The zero-order valence-corrected chi connectivity index (χ0v) is 11.0. The summed E-state index contributed by atoms with van der Waals surface area (Å²) in [6.45, 7) is 5.21. The van der Waals surface area contributed by atoms with Crippen molar-refractivity contribution >= 4 is 0 Å². The van der Waals surface area contributed by atoms with Crippen LogP contribution in [-0.4, -0.2) is 25.4 Å². The molecule has 2 N–H and O–H groups in total. The molecule has 0 aliphatic carbocycles. The van der Waals surface area contributed by atoms with Gasteiger partial charge in [0.15, 0.2) is 0 Å². The van der Waals surface area contributed by atoms with Crippen molar-refractivity contribution in [3.63, 3.8) is 0 Å². The van der Waals surface area contributed by atoms with Gasteiger partial charge in [-0.25, -0.2) is 0 Å². The number of hydrogen-bond acceptors (Lipinski definition) is 2. The van der Waals surface area contributed by atoms with Gasteiger partial charge in [-0.2, -0.15) is 0 Å². The number of hydrogen-bond donors (Lipinski definition) is 1. The molecule has 2 atom stereocenters. The highest BCUT2D eigenvalue weighted by atomic mass is 16.5. The fraction of sp³-hybridized carbons (Fsp3) is 0.600. The summed E-state index contributed by atoms with van der Waals surface area (Å²) in [6, 6.07) is 6.60. The molecule has 0 spiro atoms. The van der Waals surface area contributed by atoms with Crippen molar-refractivity contribution in [2.75, 3.05) is 13.2 Å². The molecule has 98 valence electrons. The largest absolute Gasteiger partial charge is 0.490 e. The van der Waals surface area contributed by atoms with Crippen molar-refractivity contribution in [2.45, 2.75) is 44.9 Å². The lowest BCUT2D eigenvalue weighted by Crippen LogP contribution is -2.84. The molecule has 18 heavy (non-hydrogen) atoms. The van der Waals surface area contributed by atoms with Crippen LogP contribution in [0.25, 0.3) is 0 Å². The Bertz CT molecular complexity index is 413. The van der Waals surface area contributed by atoms with Crippen LogP contribution >= 0.6 is 0 Å². The van der Waals surface area contributed by atoms with Crippen LogP contribution in [0.2, 0.25) is 0 Å². The number of fused-ring (bicyclic) bond motifs is 1. The molecule has 1 aromatic carbocycles. The van der Waals surface area contributed by atoms with E-state index in [0.717, 1.165) is 31.9 Å². The van der Waals surface area contributed by atoms with Gasteiger partial charge in [0.1, 0.15) is 31.0 Å². The summed E-state index contributed by atoms with van der Waals surface area (Å²) in [6.07, 6.45) is 4.32. The molecule has 0 unspecified atom stereocenters. The molecule has 0 bridgehead atoms. The predicted molar refractivity (Wildman–Crippen MR) is 69.7 cm³/mol. The molecule has 2 aliphatic heterocycles. The molecular weight excluding hydrogens is 226 g/mol. The Labute approximate surface area is 108 Å². The van der Waals surface area contributed by atoms with Crippen LogP contribution < -0.4 is 10.1 Å². The predicted octanol–water partition coefficient (Wildman–Crippen LogP) is 1.25.